The number of amides is 1. The number of aryl methyl sites for hydroxylation is 1. The largest absolute Gasteiger partial charge is 0.377 e. The molecule has 0 saturated heterocycles. The summed E-state index contributed by atoms with van der Waals surface area (Å²) in [6, 6.07) is 15.3. The number of nitrogens with one attached hydrogen (secondary N) is 1. The third-order valence-corrected chi connectivity index (χ3v) is 4.46. The molecule has 1 amide bonds. The van der Waals surface area contributed by atoms with Crippen molar-refractivity contribution in [2.45, 2.75) is 39.2 Å². The number of nitrogens with zero attached hydrogens (tertiary/aromatic N) is 1. The van der Waals surface area contributed by atoms with Crippen molar-refractivity contribution in [3.05, 3.63) is 59.7 Å². The van der Waals surface area contributed by atoms with Crippen molar-refractivity contribution in [3.63, 3.8) is 0 Å². The Kier molecular flexibility index (Phi) is 4.62. The van der Waals surface area contributed by atoms with Gasteiger partial charge in [0.1, 0.15) is 0 Å². The van der Waals surface area contributed by atoms with Crippen LogP contribution in [0.3, 0.4) is 0 Å². The van der Waals surface area contributed by atoms with Crippen molar-refractivity contribution < 1.29 is 9.59 Å². The molecule has 0 bridgehead atoms. The normalized spacial score (nSPS) is 15.2. The summed E-state index contributed by atoms with van der Waals surface area (Å²) in [6.07, 6.45) is 0.450. The first-order valence-corrected chi connectivity index (χ1v) is 8.63. The van der Waals surface area contributed by atoms with Crippen LogP contribution in [-0.2, 0) is 4.79 Å². The lowest BCUT2D eigenvalue weighted by atomic mass is 9.98. The molecule has 0 fully saturated rings. The van der Waals surface area contributed by atoms with E-state index in [-0.39, 0.29) is 30.1 Å². The van der Waals surface area contributed by atoms with Crippen molar-refractivity contribution in [3.8, 4) is 0 Å². The molecule has 3 rings (SSSR count). The van der Waals surface area contributed by atoms with Gasteiger partial charge in [-0.15, -0.1) is 0 Å². The van der Waals surface area contributed by atoms with E-state index in [2.05, 4.69) is 19.2 Å². The minimum absolute atomic E-state index is 0.0102. The number of Topliss-reactive ketones (excluding diaryl/α,β-unsaturated/α-hetero) is 1. The molecule has 25 heavy (non-hydrogen) atoms. The molecule has 1 aliphatic heterocycles. The monoisotopic (exact) mass is 336 g/mol. The molecular formula is C21H24N2O2. The summed E-state index contributed by atoms with van der Waals surface area (Å²) in [6.45, 7) is 6.71. The van der Waals surface area contributed by atoms with Gasteiger partial charge in [0.2, 0.25) is 5.91 Å². The van der Waals surface area contributed by atoms with Gasteiger partial charge in [-0.1, -0.05) is 42.0 Å². The molecule has 130 valence electrons. The molecule has 1 N–H and O–H groups in total. The number of hydrogen-bond acceptors (Lipinski definition) is 3. The van der Waals surface area contributed by atoms with Gasteiger partial charge in [-0.05, 0) is 32.9 Å². The number of fused-ring (bicyclic) bond motifs is 1. The Hall–Kier alpha value is -2.62. The fourth-order valence-corrected chi connectivity index (χ4v) is 3.16. The maximum Gasteiger partial charge on any atom is 0.227 e. The van der Waals surface area contributed by atoms with Crippen LogP contribution in [0.1, 0.15) is 42.6 Å². The summed E-state index contributed by atoms with van der Waals surface area (Å²) in [7, 11) is 0. The predicted octanol–water partition coefficient (Wildman–Crippen LogP) is 4.20. The molecule has 2 aromatic rings. The van der Waals surface area contributed by atoms with Gasteiger partial charge in [0, 0.05) is 30.5 Å². The van der Waals surface area contributed by atoms with Gasteiger partial charge in [-0.3, -0.25) is 9.59 Å². The number of carbonyl (C=O) groups is 2. The Morgan fingerprint density at radius 3 is 2.44 bits per heavy atom. The van der Waals surface area contributed by atoms with Crippen molar-refractivity contribution in [1.82, 2.24) is 0 Å². The van der Waals surface area contributed by atoms with Gasteiger partial charge in [-0.2, -0.15) is 0 Å². The molecule has 0 atom stereocenters. The van der Waals surface area contributed by atoms with Crippen LogP contribution in [0, 0.1) is 6.92 Å². The molecule has 0 spiro atoms. The number of para-hydroxylation sites is 2. The summed E-state index contributed by atoms with van der Waals surface area (Å²) >= 11 is 0. The van der Waals surface area contributed by atoms with Crippen LogP contribution in [-0.4, -0.2) is 23.8 Å². The average Bonchev–Trinajstić information content (AvgIpc) is 2.58. The highest BCUT2D eigenvalue weighted by atomic mass is 16.2. The van der Waals surface area contributed by atoms with Gasteiger partial charge in [-0.25, -0.2) is 0 Å². The quantitative estimate of drug-likeness (QED) is 0.852. The zero-order valence-corrected chi connectivity index (χ0v) is 15.0. The summed E-state index contributed by atoms with van der Waals surface area (Å²) in [4.78, 5) is 26.9. The molecule has 4 nitrogen and oxygen atoms in total. The third-order valence-electron chi connectivity index (χ3n) is 4.46. The summed E-state index contributed by atoms with van der Waals surface area (Å²) in [5, 5.41) is 3.46. The molecule has 0 aromatic heterocycles. The zero-order valence-electron chi connectivity index (χ0n) is 15.0. The first kappa shape index (κ1) is 17.2. The van der Waals surface area contributed by atoms with E-state index in [1.807, 2.05) is 55.5 Å². The van der Waals surface area contributed by atoms with Crippen LogP contribution in [0.25, 0.3) is 0 Å². The van der Waals surface area contributed by atoms with E-state index in [9.17, 15) is 9.59 Å². The molecule has 1 heterocycles. The van der Waals surface area contributed by atoms with Crippen molar-refractivity contribution >= 4 is 23.1 Å². The highest BCUT2D eigenvalue weighted by molar-refractivity contribution is 6.02. The van der Waals surface area contributed by atoms with Crippen LogP contribution in [0.5, 0.6) is 0 Å². The third kappa shape index (κ3) is 3.90. The smallest absolute Gasteiger partial charge is 0.227 e. The van der Waals surface area contributed by atoms with E-state index in [0.717, 1.165) is 16.9 Å². The number of carbonyl (C=O) groups excluding carboxylic acids is 2. The Bertz CT molecular complexity index is 794. The Morgan fingerprint density at radius 1 is 1.04 bits per heavy atom. The molecule has 0 saturated carbocycles. The first-order valence-electron chi connectivity index (χ1n) is 8.63. The number of ketones is 1. The molecule has 4 heteroatoms. The second kappa shape index (κ2) is 6.71. The second-order valence-corrected chi connectivity index (χ2v) is 7.30. The maximum atomic E-state index is 12.8. The molecule has 0 aliphatic carbocycles. The van der Waals surface area contributed by atoms with Gasteiger partial charge >= 0.3 is 0 Å². The Morgan fingerprint density at radius 2 is 1.72 bits per heavy atom. The Balaban J connectivity index is 1.71. The van der Waals surface area contributed by atoms with Crippen LogP contribution in [0.4, 0.5) is 11.4 Å². The van der Waals surface area contributed by atoms with Gasteiger partial charge < -0.3 is 10.2 Å². The summed E-state index contributed by atoms with van der Waals surface area (Å²) in [5.74, 6) is -0.00137. The predicted molar refractivity (Wildman–Crippen MR) is 101 cm³/mol. The zero-order chi connectivity index (χ0) is 18.0. The number of hydrogen-bond donors (Lipinski definition) is 1. The molecule has 0 radical (unpaired) electrons. The van der Waals surface area contributed by atoms with E-state index in [1.165, 1.54) is 0 Å². The van der Waals surface area contributed by atoms with Gasteiger partial charge in [0.25, 0.3) is 0 Å². The maximum absolute atomic E-state index is 12.8. The van der Waals surface area contributed by atoms with Gasteiger partial charge in [0.15, 0.2) is 5.78 Å². The molecule has 1 aliphatic rings. The van der Waals surface area contributed by atoms with Crippen LogP contribution in [0.2, 0.25) is 0 Å². The highest BCUT2D eigenvalue weighted by Crippen LogP contribution is 2.34. The lowest BCUT2D eigenvalue weighted by Gasteiger charge is -2.41. The fourth-order valence-electron chi connectivity index (χ4n) is 3.16. The highest BCUT2D eigenvalue weighted by Gasteiger charge is 2.32. The number of rotatable bonds is 4. The average molecular weight is 336 g/mol. The van der Waals surface area contributed by atoms with Crippen LogP contribution in [0.15, 0.2) is 48.5 Å². The van der Waals surface area contributed by atoms with Crippen molar-refractivity contribution in [2.75, 3.05) is 16.8 Å². The Labute approximate surface area is 148 Å². The fraction of sp³-hybridized carbons (Fsp3) is 0.333. The SMILES string of the molecule is Cc1ccc(C(=O)CCC(=O)N2CC(C)(C)Nc3ccccc32)cc1. The number of benzene rings is 2. The number of anilines is 2. The van der Waals surface area contributed by atoms with E-state index in [1.54, 1.807) is 4.90 Å². The van der Waals surface area contributed by atoms with E-state index < -0.39 is 0 Å². The van der Waals surface area contributed by atoms with E-state index in [0.29, 0.717) is 12.1 Å². The van der Waals surface area contributed by atoms with Crippen molar-refractivity contribution in [2.24, 2.45) is 0 Å². The minimum Gasteiger partial charge on any atom is -0.377 e. The molecule has 2 aromatic carbocycles. The molecular weight excluding hydrogens is 312 g/mol. The van der Waals surface area contributed by atoms with Crippen LogP contribution >= 0.6 is 0 Å². The van der Waals surface area contributed by atoms with Gasteiger partial charge in [0.05, 0.1) is 11.4 Å². The van der Waals surface area contributed by atoms with Crippen molar-refractivity contribution in [1.29, 1.82) is 0 Å². The summed E-state index contributed by atoms with van der Waals surface area (Å²) < 4.78 is 0. The van der Waals surface area contributed by atoms with Crippen LogP contribution < -0.4 is 10.2 Å². The molecule has 0 unspecified atom stereocenters. The topological polar surface area (TPSA) is 49.4 Å². The van der Waals surface area contributed by atoms with E-state index >= 15 is 0 Å². The lowest BCUT2D eigenvalue weighted by molar-refractivity contribution is -0.118. The second-order valence-electron chi connectivity index (χ2n) is 7.30. The summed E-state index contributed by atoms with van der Waals surface area (Å²) in [5.41, 5.74) is 3.42. The van der Waals surface area contributed by atoms with E-state index in [4.69, 9.17) is 0 Å². The first-order chi connectivity index (χ1) is 11.9. The standard InChI is InChI=1S/C21H24N2O2/c1-15-8-10-16(11-9-15)19(24)12-13-20(25)23-14-21(2,3)22-17-6-4-5-7-18(17)23/h4-11,22H,12-14H2,1-3H3. The lowest BCUT2D eigenvalue weighted by Crippen LogP contribution is -2.50. The minimum atomic E-state index is -0.203.